The Morgan fingerprint density at radius 1 is 0.388 bits per heavy atom. The van der Waals surface area contributed by atoms with Crippen molar-refractivity contribution in [3.63, 3.8) is 0 Å². The van der Waals surface area contributed by atoms with Gasteiger partial charge in [0.2, 0.25) is 0 Å². The molecule has 1 N–H and O–H groups in total. The van der Waals surface area contributed by atoms with Gasteiger partial charge in [-0.25, -0.2) is 0 Å². The van der Waals surface area contributed by atoms with Crippen LogP contribution in [0.2, 0.25) is 0 Å². The summed E-state index contributed by atoms with van der Waals surface area (Å²) >= 11 is 0. The van der Waals surface area contributed by atoms with Crippen LogP contribution in [0.3, 0.4) is 0 Å². The Morgan fingerprint density at radius 2 is 0.673 bits per heavy atom. The Bertz CT molecular complexity index is 630. The van der Waals surface area contributed by atoms with Crippen LogP contribution in [0, 0.1) is 0 Å². The minimum absolute atomic E-state index is 0.0203. The fourth-order valence-corrected chi connectivity index (χ4v) is 7.05. The second-order valence-corrected chi connectivity index (χ2v) is 15.5. The van der Waals surface area contributed by atoms with Crippen LogP contribution in [0.5, 0.6) is 0 Å². The van der Waals surface area contributed by atoms with E-state index in [0.29, 0.717) is 19.6 Å². The van der Waals surface area contributed by atoms with E-state index in [0.717, 1.165) is 19.3 Å². The Morgan fingerprint density at radius 3 is 1.02 bits per heavy atom. The van der Waals surface area contributed by atoms with Crippen LogP contribution < -0.4 is 0 Å². The lowest BCUT2D eigenvalue weighted by Gasteiger charge is -2.06. The number of unbranched alkanes of at least 4 members (excludes halogenated alkanes) is 36. The highest BCUT2D eigenvalue weighted by Gasteiger charge is 2.03. The second-order valence-electron chi connectivity index (χ2n) is 15.5. The van der Waals surface area contributed by atoms with E-state index in [1.54, 1.807) is 0 Å². The third kappa shape index (κ3) is 45.1. The molecule has 0 saturated carbocycles. The summed E-state index contributed by atoms with van der Waals surface area (Å²) in [6, 6.07) is 0. The molecule has 0 aliphatic carbocycles. The minimum Gasteiger partial charge on any atom is -0.466 e. The molecular formula is C46H90O3. The number of aliphatic hydroxyl groups is 1. The molecule has 0 amide bonds. The highest BCUT2D eigenvalue weighted by atomic mass is 16.5. The molecule has 0 spiro atoms. The summed E-state index contributed by atoms with van der Waals surface area (Å²) in [4.78, 5) is 12.0. The first kappa shape index (κ1) is 48.2. The molecule has 292 valence electrons. The summed E-state index contributed by atoms with van der Waals surface area (Å²) in [5.74, 6) is 0.0203. The van der Waals surface area contributed by atoms with Crippen LogP contribution in [0.1, 0.15) is 264 Å². The summed E-state index contributed by atoms with van der Waals surface area (Å²) < 4.78 is 5.47. The zero-order valence-electron chi connectivity index (χ0n) is 33.6. The Kier molecular flexibility index (Phi) is 44.4. The van der Waals surface area contributed by atoms with Gasteiger partial charge in [-0.3, -0.25) is 4.79 Å². The van der Waals surface area contributed by atoms with Gasteiger partial charge in [0.25, 0.3) is 0 Å². The van der Waals surface area contributed by atoms with Gasteiger partial charge in [0.15, 0.2) is 0 Å². The Balaban J connectivity index is 3.16. The van der Waals surface area contributed by atoms with E-state index in [2.05, 4.69) is 19.1 Å². The van der Waals surface area contributed by atoms with E-state index in [1.807, 2.05) is 0 Å². The van der Waals surface area contributed by atoms with Gasteiger partial charge in [-0.1, -0.05) is 225 Å². The molecule has 0 aliphatic heterocycles. The van der Waals surface area contributed by atoms with Gasteiger partial charge in [0.05, 0.1) is 6.61 Å². The van der Waals surface area contributed by atoms with E-state index in [-0.39, 0.29) is 5.97 Å². The average Bonchev–Trinajstić information content (AvgIpc) is 3.11. The van der Waals surface area contributed by atoms with Gasteiger partial charge in [-0.15, -0.1) is 0 Å². The molecule has 0 fully saturated rings. The summed E-state index contributed by atoms with van der Waals surface area (Å²) in [5, 5.41) is 8.80. The normalized spacial score (nSPS) is 11.6. The van der Waals surface area contributed by atoms with Gasteiger partial charge in [-0.2, -0.15) is 0 Å². The fraction of sp³-hybridized carbons (Fsp3) is 0.935. The molecule has 0 heterocycles. The molecule has 0 aromatic carbocycles. The molecular weight excluding hydrogens is 601 g/mol. The standard InChI is InChI=1S/C46H90O3/c1-2-3-4-5-6-7-8-9-10-19-22-25-28-31-34-37-40-43-46(48)49-45-42-39-36-33-30-27-24-21-18-16-14-12-11-13-15-17-20-23-26-29-32-35-38-41-44-47/h9-10,47H,2-8,11-45H2,1H3. The first-order chi connectivity index (χ1) is 24.3. The van der Waals surface area contributed by atoms with Crippen molar-refractivity contribution in [1.82, 2.24) is 0 Å². The SMILES string of the molecule is CCCCCCCCC=CCCCCCCCCCC(=O)OCCCCCCCCCCCCCCCCCCCCCCCCCCO. The van der Waals surface area contributed by atoms with Crippen molar-refractivity contribution < 1.29 is 14.6 Å². The predicted molar refractivity (Wildman–Crippen MR) is 218 cm³/mol. The molecule has 0 radical (unpaired) electrons. The zero-order chi connectivity index (χ0) is 35.4. The van der Waals surface area contributed by atoms with Crippen molar-refractivity contribution in [3.05, 3.63) is 12.2 Å². The average molecular weight is 691 g/mol. The van der Waals surface area contributed by atoms with Crippen molar-refractivity contribution in [2.75, 3.05) is 13.2 Å². The number of carbonyl (C=O) groups excluding carboxylic acids is 1. The monoisotopic (exact) mass is 691 g/mol. The van der Waals surface area contributed by atoms with Gasteiger partial charge < -0.3 is 9.84 Å². The van der Waals surface area contributed by atoms with Crippen LogP contribution in [-0.2, 0) is 9.53 Å². The van der Waals surface area contributed by atoms with Gasteiger partial charge in [0.1, 0.15) is 0 Å². The van der Waals surface area contributed by atoms with E-state index in [4.69, 9.17) is 9.84 Å². The van der Waals surface area contributed by atoms with E-state index in [1.165, 1.54) is 231 Å². The quantitative estimate of drug-likeness (QED) is 0.0393. The highest BCUT2D eigenvalue weighted by molar-refractivity contribution is 5.69. The van der Waals surface area contributed by atoms with Crippen LogP contribution in [-0.4, -0.2) is 24.3 Å². The Labute approximate surface area is 309 Å². The lowest BCUT2D eigenvalue weighted by molar-refractivity contribution is -0.143. The number of carbonyl (C=O) groups is 1. The highest BCUT2D eigenvalue weighted by Crippen LogP contribution is 2.16. The van der Waals surface area contributed by atoms with Crippen molar-refractivity contribution >= 4 is 5.97 Å². The zero-order valence-corrected chi connectivity index (χ0v) is 33.6. The maximum absolute atomic E-state index is 12.0. The lowest BCUT2D eigenvalue weighted by Crippen LogP contribution is -2.05. The Hall–Kier alpha value is -0.830. The van der Waals surface area contributed by atoms with Crippen LogP contribution >= 0.6 is 0 Å². The maximum Gasteiger partial charge on any atom is 0.305 e. The molecule has 0 aromatic heterocycles. The van der Waals surface area contributed by atoms with Gasteiger partial charge in [0, 0.05) is 13.0 Å². The number of esters is 1. The number of rotatable bonds is 43. The van der Waals surface area contributed by atoms with Gasteiger partial charge >= 0.3 is 5.97 Å². The second kappa shape index (κ2) is 45.2. The number of ether oxygens (including phenoxy) is 1. The molecule has 49 heavy (non-hydrogen) atoms. The van der Waals surface area contributed by atoms with Crippen molar-refractivity contribution in [2.24, 2.45) is 0 Å². The number of allylic oxidation sites excluding steroid dienone is 2. The maximum atomic E-state index is 12.0. The van der Waals surface area contributed by atoms with Crippen molar-refractivity contribution in [3.8, 4) is 0 Å². The third-order valence-electron chi connectivity index (χ3n) is 10.5. The molecule has 0 unspecified atom stereocenters. The third-order valence-corrected chi connectivity index (χ3v) is 10.5. The lowest BCUT2D eigenvalue weighted by atomic mass is 10.0. The molecule has 0 atom stereocenters. The summed E-state index contributed by atoms with van der Waals surface area (Å²) in [6.45, 7) is 3.27. The van der Waals surface area contributed by atoms with E-state index in [9.17, 15) is 4.79 Å². The number of hydrogen-bond acceptors (Lipinski definition) is 3. The number of aliphatic hydroxyl groups excluding tert-OH is 1. The van der Waals surface area contributed by atoms with Crippen LogP contribution in [0.15, 0.2) is 12.2 Å². The fourth-order valence-electron chi connectivity index (χ4n) is 7.05. The minimum atomic E-state index is 0.0203. The smallest absolute Gasteiger partial charge is 0.305 e. The summed E-state index contributed by atoms with van der Waals surface area (Å²) in [6.07, 6.45) is 57.6. The van der Waals surface area contributed by atoms with E-state index >= 15 is 0 Å². The molecule has 0 saturated heterocycles. The molecule has 3 nitrogen and oxygen atoms in total. The molecule has 0 aliphatic rings. The first-order valence-corrected chi connectivity index (χ1v) is 22.7. The van der Waals surface area contributed by atoms with Crippen LogP contribution in [0.4, 0.5) is 0 Å². The van der Waals surface area contributed by atoms with E-state index < -0.39 is 0 Å². The molecule has 3 heteroatoms. The summed E-state index contributed by atoms with van der Waals surface area (Å²) in [7, 11) is 0. The predicted octanol–water partition coefficient (Wildman–Crippen LogP) is 15.7. The summed E-state index contributed by atoms with van der Waals surface area (Å²) in [5.41, 5.74) is 0. The first-order valence-electron chi connectivity index (χ1n) is 22.7. The largest absolute Gasteiger partial charge is 0.466 e. The van der Waals surface area contributed by atoms with Crippen molar-refractivity contribution in [2.45, 2.75) is 264 Å². The molecule has 0 bridgehead atoms. The molecule has 0 rings (SSSR count). The van der Waals surface area contributed by atoms with Crippen molar-refractivity contribution in [1.29, 1.82) is 0 Å². The van der Waals surface area contributed by atoms with Crippen LogP contribution in [0.25, 0.3) is 0 Å². The molecule has 0 aromatic rings. The topological polar surface area (TPSA) is 46.5 Å². The number of hydrogen-bond donors (Lipinski definition) is 1. The van der Waals surface area contributed by atoms with Gasteiger partial charge in [-0.05, 0) is 44.9 Å².